The summed E-state index contributed by atoms with van der Waals surface area (Å²) in [6.07, 6.45) is 4.73. The Hall–Kier alpha value is -0.870. The normalized spacial score (nSPS) is 19.1. The van der Waals surface area contributed by atoms with E-state index in [4.69, 9.17) is 0 Å². The molecule has 1 fully saturated rings. The molecule has 0 aromatic carbocycles. The second-order valence-corrected chi connectivity index (χ2v) is 3.38. The molecule has 0 spiro atoms. The van der Waals surface area contributed by atoms with Gasteiger partial charge in [0, 0.05) is 51.5 Å². The summed E-state index contributed by atoms with van der Waals surface area (Å²) in [5.41, 5.74) is 0. The van der Waals surface area contributed by atoms with E-state index in [1.807, 2.05) is 12.4 Å². The lowest BCUT2D eigenvalue weighted by atomic mass is 10.3. The van der Waals surface area contributed by atoms with Crippen LogP contribution < -0.4 is 5.32 Å². The predicted octanol–water partition coefficient (Wildman–Crippen LogP) is -0.143. The van der Waals surface area contributed by atoms with Gasteiger partial charge in [-0.1, -0.05) is 0 Å². The van der Waals surface area contributed by atoms with Crippen LogP contribution in [-0.2, 0) is 6.42 Å². The smallest absolute Gasteiger partial charge is 0.107 e. The van der Waals surface area contributed by atoms with Gasteiger partial charge in [-0.3, -0.25) is 0 Å². The third-order valence-corrected chi connectivity index (χ3v) is 2.43. The van der Waals surface area contributed by atoms with Crippen molar-refractivity contribution in [3.8, 4) is 0 Å². The van der Waals surface area contributed by atoms with Crippen molar-refractivity contribution in [2.45, 2.75) is 6.42 Å². The maximum Gasteiger partial charge on any atom is 0.107 e. The number of H-pyrrole nitrogens is 1. The fourth-order valence-electron chi connectivity index (χ4n) is 1.63. The van der Waals surface area contributed by atoms with Gasteiger partial charge >= 0.3 is 0 Å². The van der Waals surface area contributed by atoms with Gasteiger partial charge in [-0.25, -0.2) is 4.98 Å². The number of rotatable bonds is 3. The second-order valence-electron chi connectivity index (χ2n) is 3.38. The van der Waals surface area contributed by atoms with E-state index in [0.29, 0.717) is 0 Å². The summed E-state index contributed by atoms with van der Waals surface area (Å²) in [7, 11) is 0. The first kappa shape index (κ1) is 8.72. The molecule has 1 aromatic rings. The average molecular weight is 180 g/mol. The Kier molecular flexibility index (Phi) is 2.94. The highest BCUT2D eigenvalue weighted by Gasteiger charge is 2.08. The molecule has 0 amide bonds. The molecule has 13 heavy (non-hydrogen) atoms. The average Bonchev–Trinajstić information content (AvgIpc) is 2.69. The van der Waals surface area contributed by atoms with Crippen molar-refractivity contribution in [1.82, 2.24) is 20.2 Å². The van der Waals surface area contributed by atoms with E-state index >= 15 is 0 Å². The number of nitrogens with one attached hydrogen (secondary N) is 2. The first-order valence-electron chi connectivity index (χ1n) is 4.86. The van der Waals surface area contributed by atoms with Gasteiger partial charge in [-0.2, -0.15) is 0 Å². The molecule has 72 valence electrons. The molecule has 0 atom stereocenters. The summed E-state index contributed by atoms with van der Waals surface area (Å²) in [4.78, 5) is 9.80. The first-order valence-corrected chi connectivity index (χ1v) is 4.86. The highest BCUT2D eigenvalue weighted by molar-refractivity contribution is 4.88. The van der Waals surface area contributed by atoms with E-state index in [9.17, 15) is 0 Å². The van der Waals surface area contributed by atoms with E-state index in [1.54, 1.807) is 0 Å². The van der Waals surface area contributed by atoms with Crippen LogP contribution in [0.25, 0.3) is 0 Å². The van der Waals surface area contributed by atoms with Crippen molar-refractivity contribution < 1.29 is 0 Å². The van der Waals surface area contributed by atoms with Crippen molar-refractivity contribution in [3.05, 3.63) is 18.2 Å². The number of piperazine rings is 1. The molecule has 1 aromatic heterocycles. The number of aromatic amines is 1. The van der Waals surface area contributed by atoms with Gasteiger partial charge < -0.3 is 15.2 Å². The molecular formula is C9H16N4. The second kappa shape index (κ2) is 4.39. The van der Waals surface area contributed by atoms with Crippen LogP contribution in [0.15, 0.2) is 12.4 Å². The minimum absolute atomic E-state index is 1.03. The Morgan fingerprint density at radius 3 is 2.92 bits per heavy atom. The Labute approximate surface area is 78.4 Å². The minimum Gasteiger partial charge on any atom is -0.349 e. The molecular weight excluding hydrogens is 164 g/mol. The zero-order valence-corrected chi connectivity index (χ0v) is 7.79. The van der Waals surface area contributed by atoms with Crippen LogP contribution in [0.1, 0.15) is 5.82 Å². The van der Waals surface area contributed by atoms with Crippen molar-refractivity contribution >= 4 is 0 Å². The summed E-state index contributed by atoms with van der Waals surface area (Å²) < 4.78 is 0. The number of hydrogen-bond acceptors (Lipinski definition) is 3. The zero-order valence-electron chi connectivity index (χ0n) is 7.79. The highest BCUT2D eigenvalue weighted by Crippen LogP contribution is 1.96. The summed E-state index contributed by atoms with van der Waals surface area (Å²) in [5, 5.41) is 3.34. The molecule has 0 aliphatic carbocycles. The summed E-state index contributed by atoms with van der Waals surface area (Å²) in [6, 6.07) is 0. The monoisotopic (exact) mass is 180 g/mol. The van der Waals surface area contributed by atoms with Crippen LogP contribution in [0, 0.1) is 0 Å². The number of hydrogen-bond donors (Lipinski definition) is 2. The molecule has 4 heteroatoms. The van der Waals surface area contributed by atoms with Crippen LogP contribution in [0.3, 0.4) is 0 Å². The lowest BCUT2D eigenvalue weighted by Crippen LogP contribution is -2.44. The Balaban J connectivity index is 1.72. The van der Waals surface area contributed by atoms with Crippen LogP contribution >= 0.6 is 0 Å². The van der Waals surface area contributed by atoms with Gasteiger partial charge in [0.05, 0.1) is 0 Å². The van der Waals surface area contributed by atoms with Crippen LogP contribution in [-0.4, -0.2) is 47.6 Å². The van der Waals surface area contributed by atoms with Gasteiger partial charge in [-0.15, -0.1) is 0 Å². The molecule has 0 unspecified atom stereocenters. The largest absolute Gasteiger partial charge is 0.349 e. The third kappa shape index (κ3) is 2.54. The Bertz CT molecular complexity index is 226. The molecule has 2 rings (SSSR count). The number of nitrogens with zero attached hydrogens (tertiary/aromatic N) is 2. The zero-order chi connectivity index (χ0) is 8.93. The number of aromatic nitrogens is 2. The Morgan fingerprint density at radius 1 is 1.38 bits per heavy atom. The van der Waals surface area contributed by atoms with E-state index in [0.717, 1.165) is 31.9 Å². The third-order valence-electron chi connectivity index (χ3n) is 2.43. The molecule has 1 saturated heterocycles. The van der Waals surface area contributed by atoms with Gasteiger partial charge in [0.2, 0.25) is 0 Å². The summed E-state index contributed by atoms with van der Waals surface area (Å²) in [6.45, 7) is 5.70. The lowest BCUT2D eigenvalue weighted by Gasteiger charge is -2.26. The molecule has 1 aliphatic heterocycles. The highest BCUT2D eigenvalue weighted by atomic mass is 15.2. The van der Waals surface area contributed by atoms with Crippen LogP contribution in [0.5, 0.6) is 0 Å². The predicted molar refractivity (Wildman–Crippen MR) is 51.6 cm³/mol. The molecule has 0 saturated carbocycles. The molecule has 2 heterocycles. The maximum atomic E-state index is 4.20. The molecule has 4 nitrogen and oxygen atoms in total. The number of imidazole rings is 1. The van der Waals surface area contributed by atoms with E-state index in [-0.39, 0.29) is 0 Å². The quantitative estimate of drug-likeness (QED) is 0.680. The van der Waals surface area contributed by atoms with E-state index < -0.39 is 0 Å². The molecule has 0 radical (unpaired) electrons. The van der Waals surface area contributed by atoms with Crippen molar-refractivity contribution in [1.29, 1.82) is 0 Å². The molecule has 0 bridgehead atoms. The SMILES string of the molecule is c1c[nH]c(CCN2CCNCC2)n1. The fraction of sp³-hybridized carbons (Fsp3) is 0.667. The fourth-order valence-corrected chi connectivity index (χ4v) is 1.63. The van der Waals surface area contributed by atoms with Gasteiger partial charge in [-0.05, 0) is 0 Å². The summed E-state index contributed by atoms with van der Waals surface area (Å²) in [5.74, 6) is 1.10. The standard InChI is InChI=1S/C9H16N4/c1(9-11-2-3-12-9)6-13-7-4-10-5-8-13/h2-3,10H,1,4-8H2,(H,11,12). The van der Waals surface area contributed by atoms with Crippen molar-refractivity contribution in [3.63, 3.8) is 0 Å². The minimum atomic E-state index is 1.03. The van der Waals surface area contributed by atoms with Gasteiger partial charge in [0.15, 0.2) is 0 Å². The molecule has 2 N–H and O–H groups in total. The van der Waals surface area contributed by atoms with Crippen LogP contribution in [0.4, 0.5) is 0 Å². The van der Waals surface area contributed by atoms with E-state index in [1.165, 1.54) is 13.1 Å². The van der Waals surface area contributed by atoms with Gasteiger partial charge in [0.25, 0.3) is 0 Å². The van der Waals surface area contributed by atoms with Crippen molar-refractivity contribution in [2.75, 3.05) is 32.7 Å². The lowest BCUT2D eigenvalue weighted by molar-refractivity contribution is 0.242. The molecule has 1 aliphatic rings. The van der Waals surface area contributed by atoms with E-state index in [2.05, 4.69) is 20.2 Å². The van der Waals surface area contributed by atoms with Crippen LogP contribution in [0.2, 0.25) is 0 Å². The Morgan fingerprint density at radius 2 is 2.23 bits per heavy atom. The van der Waals surface area contributed by atoms with Crippen molar-refractivity contribution in [2.24, 2.45) is 0 Å². The maximum absolute atomic E-state index is 4.20. The first-order chi connectivity index (χ1) is 6.45. The topological polar surface area (TPSA) is 44.0 Å². The van der Waals surface area contributed by atoms with Gasteiger partial charge in [0.1, 0.15) is 5.82 Å². The summed E-state index contributed by atoms with van der Waals surface area (Å²) >= 11 is 0.